The molecule has 2 atom stereocenters. The molecule has 386 valence electrons. The number of hydrogen-bond acceptors (Lipinski definition) is 11. The molecule has 5 aromatic rings. The summed E-state index contributed by atoms with van der Waals surface area (Å²) in [6.07, 6.45) is 6.80. The van der Waals surface area contributed by atoms with Crippen LogP contribution < -0.4 is 14.4 Å². The van der Waals surface area contributed by atoms with Gasteiger partial charge in [0.05, 0.1) is 35.1 Å². The minimum Gasteiger partial charge on any atom is -0.481 e. The maximum atomic E-state index is 18.0. The summed E-state index contributed by atoms with van der Waals surface area (Å²) < 4.78 is 60.2. The number of pyridine rings is 1. The van der Waals surface area contributed by atoms with Crippen molar-refractivity contribution in [2.24, 2.45) is 5.92 Å². The van der Waals surface area contributed by atoms with Crippen LogP contribution in [0.2, 0.25) is 16.6 Å². The van der Waals surface area contributed by atoms with Crippen molar-refractivity contribution in [2.45, 2.75) is 142 Å². The van der Waals surface area contributed by atoms with Crippen molar-refractivity contribution in [3.05, 3.63) is 71.7 Å². The summed E-state index contributed by atoms with van der Waals surface area (Å²) in [6.45, 7) is 22.7. The molecule has 2 bridgehead atoms. The van der Waals surface area contributed by atoms with Gasteiger partial charge in [0.25, 0.3) is 0 Å². The van der Waals surface area contributed by atoms with Gasteiger partial charge in [0.2, 0.25) is 0 Å². The lowest BCUT2D eigenvalue weighted by molar-refractivity contribution is -0.137. The zero-order valence-electron chi connectivity index (χ0n) is 43.6. The molecule has 8 rings (SSSR count). The Morgan fingerprint density at radius 3 is 2.26 bits per heavy atom. The first-order valence-corrected chi connectivity index (χ1v) is 27.8. The summed E-state index contributed by atoms with van der Waals surface area (Å²) >= 11 is 0. The molecule has 17 heteroatoms. The smallest absolute Gasteiger partial charge is 0.410 e. The zero-order chi connectivity index (χ0) is 51.6. The SMILES string of the molecule is COCOc1cc(-c2ncc3c(N4CC5CC[C@@H](C4)N5C(=O)OC(C)(C)C)nc(OCc4cccn4CC4CCN(CCC(=O)O)CC4)nc3c2F)c2c(C#C[Si](C(C)C)(C(C)C)C(C)C)c(F)ccc2c1. The minimum atomic E-state index is -2.34. The lowest BCUT2D eigenvalue weighted by atomic mass is 9.95. The van der Waals surface area contributed by atoms with E-state index in [9.17, 15) is 9.59 Å². The molecule has 0 aliphatic carbocycles. The highest BCUT2D eigenvalue weighted by molar-refractivity contribution is 6.90. The Balaban J connectivity index is 1.21. The molecule has 6 heterocycles. The standard InChI is InChI=1S/C55H71F2N7O7Si/c1-34(2)72(35(3)4,36(5)6)25-20-43-46(56)16-13-38-26-42(70-33-68-10)27-44(48(38)43)50-49(57)51-45(28-58-50)52(63-30-39-14-15-40(31-63)64(39)54(67)71-55(7,8)9)60-53(59-51)69-32-41-12-11-21-62(41)29-37-17-22-61(23-18-37)24-19-47(65)66/h11-13,16,21,26-28,34-37,39-40H,14-15,17-19,22-24,29-33H2,1-10H3,(H,65,66)/t39-,40?/m0/s1. The van der Waals surface area contributed by atoms with Gasteiger partial charge in [0, 0.05) is 56.6 Å². The number of likely N-dealkylation sites (tertiary alicyclic amines) is 1. The van der Waals surface area contributed by atoms with Crippen molar-refractivity contribution in [1.29, 1.82) is 0 Å². The molecule has 3 aromatic heterocycles. The van der Waals surface area contributed by atoms with Crippen molar-refractivity contribution in [2.75, 3.05) is 51.5 Å². The first-order chi connectivity index (χ1) is 34.3. The Morgan fingerprint density at radius 2 is 1.62 bits per heavy atom. The molecule has 3 aliphatic rings. The molecule has 1 unspecified atom stereocenters. The molecule has 3 aliphatic heterocycles. The van der Waals surface area contributed by atoms with E-state index < -0.39 is 31.3 Å². The van der Waals surface area contributed by atoms with Crippen LogP contribution in [0.1, 0.15) is 106 Å². The predicted molar refractivity (Wildman–Crippen MR) is 278 cm³/mol. The molecule has 0 radical (unpaired) electrons. The number of carbonyl (C=O) groups is 2. The van der Waals surface area contributed by atoms with Gasteiger partial charge in [0.1, 0.15) is 48.9 Å². The number of carboxylic acids is 1. The van der Waals surface area contributed by atoms with Crippen LogP contribution in [0.5, 0.6) is 11.8 Å². The normalized spacial score (nSPS) is 17.9. The molecule has 1 N–H and O–H groups in total. The van der Waals surface area contributed by atoms with Crippen molar-refractivity contribution >= 4 is 47.6 Å². The number of piperazine rings is 1. The van der Waals surface area contributed by atoms with E-state index in [2.05, 4.69) is 67.4 Å². The van der Waals surface area contributed by atoms with Gasteiger partial charge in [-0.15, -0.1) is 5.54 Å². The maximum absolute atomic E-state index is 18.0. The number of aromatic nitrogens is 4. The average molecular weight is 1010 g/mol. The summed E-state index contributed by atoms with van der Waals surface area (Å²) in [4.78, 5) is 45.4. The zero-order valence-corrected chi connectivity index (χ0v) is 44.6. The Morgan fingerprint density at radius 1 is 0.931 bits per heavy atom. The number of halogens is 2. The molecule has 0 saturated carbocycles. The Hall–Kier alpha value is -5.83. The highest BCUT2D eigenvalue weighted by Gasteiger charge is 2.45. The number of ether oxygens (including phenoxy) is 4. The van der Waals surface area contributed by atoms with Crippen LogP contribution in [0.15, 0.2) is 48.8 Å². The Bertz CT molecular complexity index is 2810. The fourth-order valence-corrected chi connectivity index (χ4v) is 16.8. The van der Waals surface area contributed by atoms with Crippen LogP contribution >= 0.6 is 0 Å². The van der Waals surface area contributed by atoms with Gasteiger partial charge >= 0.3 is 18.1 Å². The lowest BCUT2D eigenvalue weighted by Crippen LogP contribution is -2.57. The number of hydrogen-bond donors (Lipinski definition) is 1. The second kappa shape index (κ2) is 21.7. The molecule has 1 amide bonds. The molecule has 3 fully saturated rings. The van der Waals surface area contributed by atoms with E-state index in [0.29, 0.717) is 69.9 Å². The third-order valence-electron chi connectivity index (χ3n) is 15.0. The summed E-state index contributed by atoms with van der Waals surface area (Å²) in [5.41, 5.74) is 5.15. The number of benzene rings is 2. The third kappa shape index (κ3) is 11.1. The Labute approximate surface area is 423 Å². The van der Waals surface area contributed by atoms with Gasteiger partial charge in [-0.25, -0.2) is 13.6 Å². The number of aliphatic carboxylic acids is 1. The van der Waals surface area contributed by atoms with Gasteiger partial charge in [0.15, 0.2) is 12.6 Å². The number of rotatable bonds is 16. The number of amides is 1. The van der Waals surface area contributed by atoms with Gasteiger partial charge < -0.3 is 38.4 Å². The van der Waals surface area contributed by atoms with E-state index in [1.54, 1.807) is 24.4 Å². The monoisotopic (exact) mass is 1010 g/mol. The fourth-order valence-electron chi connectivity index (χ4n) is 11.6. The van der Waals surface area contributed by atoms with E-state index in [1.165, 1.54) is 13.2 Å². The number of piperidine rings is 1. The molecular formula is C55H71F2N7O7Si. The van der Waals surface area contributed by atoms with E-state index in [1.807, 2.05) is 44.0 Å². The van der Waals surface area contributed by atoms with Crippen molar-refractivity contribution < 1.29 is 42.4 Å². The predicted octanol–water partition coefficient (Wildman–Crippen LogP) is 10.8. The Kier molecular flexibility index (Phi) is 15.8. The maximum Gasteiger partial charge on any atom is 0.410 e. The van der Waals surface area contributed by atoms with E-state index >= 15 is 8.78 Å². The summed E-state index contributed by atoms with van der Waals surface area (Å²) in [7, 11) is -0.831. The summed E-state index contributed by atoms with van der Waals surface area (Å²) in [5, 5.41) is 10.5. The molecule has 0 spiro atoms. The summed E-state index contributed by atoms with van der Waals surface area (Å²) in [5.74, 6) is 2.49. The first-order valence-electron chi connectivity index (χ1n) is 25.5. The van der Waals surface area contributed by atoms with Gasteiger partial charge in [-0.3, -0.25) is 14.7 Å². The average Bonchev–Trinajstić information content (AvgIpc) is 3.88. The molecule has 2 aromatic carbocycles. The second-order valence-electron chi connectivity index (χ2n) is 21.7. The van der Waals surface area contributed by atoms with Crippen LogP contribution in [0.25, 0.3) is 32.9 Å². The topological polar surface area (TPSA) is 145 Å². The van der Waals surface area contributed by atoms with Gasteiger partial charge in [-0.1, -0.05) is 53.5 Å². The van der Waals surface area contributed by atoms with Gasteiger partial charge in [-0.05, 0) is 118 Å². The minimum absolute atomic E-state index is 0.0294. The summed E-state index contributed by atoms with van der Waals surface area (Å²) in [6, 6.07) is 10.1. The van der Waals surface area contributed by atoms with E-state index in [4.69, 9.17) is 39.0 Å². The molecule has 3 saturated heterocycles. The lowest BCUT2D eigenvalue weighted by Gasteiger charge is -2.42. The number of carboxylic acid groups (broad SMARTS) is 1. The van der Waals surface area contributed by atoms with Crippen molar-refractivity contribution in [1.82, 2.24) is 29.3 Å². The van der Waals surface area contributed by atoms with Crippen molar-refractivity contribution in [3.8, 4) is 34.5 Å². The first kappa shape index (κ1) is 52.5. The van der Waals surface area contributed by atoms with E-state index in [-0.39, 0.29) is 66.3 Å². The van der Waals surface area contributed by atoms with Crippen LogP contribution in [0.3, 0.4) is 0 Å². The van der Waals surface area contributed by atoms with Gasteiger partial charge in [-0.2, -0.15) is 9.97 Å². The number of carbonyl (C=O) groups excluding carboxylic acids is 1. The molecule has 14 nitrogen and oxygen atoms in total. The number of anilines is 1. The molecule has 72 heavy (non-hydrogen) atoms. The van der Waals surface area contributed by atoms with Crippen LogP contribution in [0.4, 0.5) is 19.4 Å². The largest absolute Gasteiger partial charge is 0.481 e. The van der Waals surface area contributed by atoms with Crippen molar-refractivity contribution in [3.63, 3.8) is 0 Å². The number of fused-ring (bicyclic) bond motifs is 4. The quantitative estimate of drug-likeness (QED) is 0.0571. The number of methoxy groups -OCH3 is 1. The van der Waals surface area contributed by atoms with E-state index in [0.717, 1.165) is 51.0 Å². The van der Waals surface area contributed by atoms with Crippen LogP contribution in [-0.2, 0) is 27.4 Å². The number of nitrogens with zero attached hydrogens (tertiary/aromatic N) is 7. The van der Waals surface area contributed by atoms with Crippen LogP contribution in [0, 0.1) is 29.0 Å². The van der Waals surface area contributed by atoms with Crippen LogP contribution in [-0.4, -0.2) is 119 Å². The second-order valence-corrected chi connectivity index (χ2v) is 27.3. The highest BCUT2D eigenvalue weighted by Crippen LogP contribution is 2.43. The molecular weight excluding hydrogens is 937 g/mol. The fraction of sp³-hybridized carbons (Fsp3) is 0.545. The third-order valence-corrected chi connectivity index (χ3v) is 21.3. The highest BCUT2D eigenvalue weighted by atomic mass is 28.3.